The second-order valence-corrected chi connectivity index (χ2v) is 8.17. The largest absolute Gasteiger partial charge is 0.380 e. The van der Waals surface area contributed by atoms with Crippen molar-refractivity contribution in [3.63, 3.8) is 0 Å². The van der Waals surface area contributed by atoms with Crippen LogP contribution in [0.2, 0.25) is 0 Å². The minimum atomic E-state index is -3.51. The van der Waals surface area contributed by atoms with Gasteiger partial charge < -0.3 is 10.5 Å². The molecular formula is C15H24N2O3S. The van der Waals surface area contributed by atoms with Crippen LogP contribution in [0.4, 0.5) is 0 Å². The molecular weight excluding hydrogens is 288 g/mol. The third-order valence-corrected chi connectivity index (χ3v) is 6.11. The monoisotopic (exact) mass is 312 g/mol. The molecule has 1 unspecified atom stereocenters. The van der Waals surface area contributed by atoms with Gasteiger partial charge in [0.05, 0.1) is 11.5 Å². The van der Waals surface area contributed by atoms with Crippen LogP contribution in [-0.2, 0) is 21.4 Å². The third kappa shape index (κ3) is 3.29. The van der Waals surface area contributed by atoms with Gasteiger partial charge in [-0.25, -0.2) is 8.42 Å². The van der Waals surface area contributed by atoms with E-state index < -0.39 is 10.0 Å². The van der Waals surface area contributed by atoms with Crippen LogP contribution in [0, 0.1) is 5.41 Å². The number of benzene rings is 1. The highest BCUT2D eigenvalue weighted by molar-refractivity contribution is 7.89. The SMILES string of the molecule is COCc1ccccc1S(=O)(=O)N1CCC(N)C(C)(C)C1. The second-order valence-electron chi connectivity index (χ2n) is 6.26. The molecule has 0 bridgehead atoms. The van der Waals surface area contributed by atoms with Crippen molar-refractivity contribution in [2.24, 2.45) is 11.1 Å². The number of sulfonamides is 1. The Morgan fingerprint density at radius 1 is 1.38 bits per heavy atom. The number of methoxy groups -OCH3 is 1. The van der Waals surface area contributed by atoms with Crippen LogP contribution in [0.3, 0.4) is 0 Å². The number of nitrogens with zero attached hydrogens (tertiary/aromatic N) is 1. The maximum Gasteiger partial charge on any atom is 0.243 e. The zero-order chi connectivity index (χ0) is 15.7. The molecule has 0 spiro atoms. The van der Waals surface area contributed by atoms with E-state index in [2.05, 4.69) is 0 Å². The molecule has 1 atom stereocenters. The fourth-order valence-corrected chi connectivity index (χ4v) is 4.53. The van der Waals surface area contributed by atoms with Gasteiger partial charge in [-0.15, -0.1) is 0 Å². The average Bonchev–Trinajstić information content (AvgIpc) is 2.42. The minimum absolute atomic E-state index is 0.0261. The lowest BCUT2D eigenvalue weighted by Gasteiger charge is -2.41. The molecule has 1 aliphatic heterocycles. The van der Waals surface area contributed by atoms with Crippen LogP contribution in [0.25, 0.3) is 0 Å². The lowest BCUT2D eigenvalue weighted by Crippen LogP contribution is -2.53. The van der Waals surface area contributed by atoms with E-state index in [1.165, 1.54) is 0 Å². The Morgan fingerprint density at radius 2 is 2.05 bits per heavy atom. The first-order chi connectivity index (χ1) is 9.79. The predicted molar refractivity (Wildman–Crippen MR) is 82.3 cm³/mol. The van der Waals surface area contributed by atoms with E-state index in [0.29, 0.717) is 30.0 Å². The molecule has 0 aromatic heterocycles. The van der Waals surface area contributed by atoms with Crippen LogP contribution in [0.15, 0.2) is 29.2 Å². The fraction of sp³-hybridized carbons (Fsp3) is 0.600. The van der Waals surface area contributed by atoms with Gasteiger partial charge in [-0.2, -0.15) is 4.31 Å². The van der Waals surface area contributed by atoms with Crippen molar-refractivity contribution in [3.05, 3.63) is 29.8 Å². The molecule has 118 valence electrons. The first-order valence-electron chi connectivity index (χ1n) is 7.11. The molecule has 2 N–H and O–H groups in total. The normalized spacial score (nSPS) is 23.1. The quantitative estimate of drug-likeness (QED) is 0.916. The Labute approximate surface area is 127 Å². The van der Waals surface area contributed by atoms with Gasteiger partial charge in [-0.1, -0.05) is 32.0 Å². The maximum atomic E-state index is 12.9. The molecule has 5 nitrogen and oxygen atoms in total. The molecule has 2 rings (SSSR count). The van der Waals surface area contributed by atoms with Gasteiger partial charge in [0.1, 0.15) is 0 Å². The Morgan fingerprint density at radius 3 is 2.67 bits per heavy atom. The molecule has 1 aromatic carbocycles. The number of nitrogens with two attached hydrogens (primary N) is 1. The van der Waals surface area contributed by atoms with Crippen molar-refractivity contribution < 1.29 is 13.2 Å². The van der Waals surface area contributed by atoms with Crippen molar-refractivity contribution in [1.29, 1.82) is 0 Å². The lowest BCUT2D eigenvalue weighted by atomic mass is 9.81. The Kier molecular flexibility index (Phi) is 4.72. The molecule has 1 fully saturated rings. The van der Waals surface area contributed by atoms with E-state index in [4.69, 9.17) is 10.5 Å². The first kappa shape index (κ1) is 16.4. The Bertz CT molecular complexity index is 599. The molecule has 21 heavy (non-hydrogen) atoms. The van der Waals surface area contributed by atoms with Crippen molar-refractivity contribution in [2.45, 2.75) is 37.8 Å². The Hall–Kier alpha value is -0.950. The van der Waals surface area contributed by atoms with E-state index >= 15 is 0 Å². The number of rotatable bonds is 4. The van der Waals surface area contributed by atoms with Crippen LogP contribution in [0.1, 0.15) is 25.8 Å². The van der Waals surface area contributed by atoms with E-state index in [1.807, 2.05) is 19.9 Å². The van der Waals surface area contributed by atoms with Crippen LogP contribution >= 0.6 is 0 Å². The predicted octanol–water partition coefficient (Wildman–Crippen LogP) is 1.58. The van der Waals surface area contributed by atoms with Gasteiger partial charge in [0.25, 0.3) is 0 Å². The summed E-state index contributed by atoms with van der Waals surface area (Å²) in [6, 6.07) is 7.02. The Balaban J connectivity index is 2.35. The number of ether oxygens (including phenoxy) is 1. The highest BCUT2D eigenvalue weighted by Gasteiger charge is 2.39. The summed E-state index contributed by atoms with van der Waals surface area (Å²) < 4.78 is 32.5. The standard InChI is InChI=1S/C15H24N2O3S/c1-15(2)11-17(9-8-14(15)16)21(18,19)13-7-5-4-6-12(13)10-20-3/h4-7,14H,8-11,16H2,1-3H3. The van der Waals surface area contributed by atoms with E-state index in [1.54, 1.807) is 29.6 Å². The molecule has 1 saturated heterocycles. The molecule has 0 saturated carbocycles. The van der Waals surface area contributed by atoms with E-state index in [9.17, 15) is 8.42 Å². The highest BCUT2D eigenvalue weighted by Crippen LogP contribution is 2.32. The molecule has 1 heterocycles. The zero-order valence-electron chi connectivity index (χ0n) is 12.9. The lowest BCUT2D eigenvalue weighted by molar-refractivity contribution is 0.155. The number of hydrogen-bond donors (Lipinski definition) is 1. The summed E-state index contributed by atoms with van der Waals surface area (Å²) >= 11 is 0. The topological polar surface area (TPSA) is 72.6 Å². The van der Waals surface area contributed by atoms with Crippen molar-refractivity contribution in [1.82, 2.24) is 4.31 Å². The average molecular weight is 312 g/mol. The zero-order valence-corrected chi connectivity index (χ0v) is 13.7. The van der Waals surface area contributed by atoms with E-state index in [-0.39, 0.29) is 18.1 Å². The smallest absolute Gasteiger partial charge is 0.243 e. The van der Waals surface area contributed by atoms with Gasteiger partial charge in [0, 0.05) is 26.2 Å². The molecule has 0 radical (unpaired) electrons. The van der Waals surface area contributed by atoms with Crippen molar-refractivity contribution >= 4 is 10.0 Å². The minimum Gasteiger partial charge on any atom is -0.380 e. The van der Waals surface area contributed by atoms with Gasteiger partial charge in [0.15, 0.2) is 0 Å². The molecule has 1 aliphatic rings. The maximum absolute atomic E-state index is 12.9. The van der Waals surface area contributed by atoms with Crippen molar-refractivity contribution in [3.8, 4) is 0 Å². The number of piperidine rings is 1. The summed E-state index contributed by atoms with van der Waals surface area (Å²) in [4.78, 5) is 0.332. The second kappa shape index (κ2) is 6.04. The summed E-state index contributed by atoms with van der Waals surface area (Å²) in [6.07, 6.45) is 0.679. The number of hydrogen-bond acceptors (Lipinski definition) is 4. The van der Waals surface area contributed by atoms with Crippen LogP contribution < -0.4 is 5.73 Å². The summed E-state index contributed by atoms with van der Waals surface area (Å²) in [5, 5.41) is 0. The fourth-order valence-electron chi connectivity index (χ4n) is 2.70. The molecule has 1 aromatic rings. The summed E-state index contributed by atoms with van der Waals surface area (Å²) in [5.41, 5.74) is 6.56. The van der Waals surface area contributed by atoms with Crippen molar-refractivity contribution in [2.75, 3.05) is 20.2 Å². The van der Waals surface area contributed by atoms with E-state index in [0.717, 1.165) is 0 Å². The van der Waals surface area contributed by atoms with Crippen LogP contribution in [-0.4, -0.2) is 39.0 Å². The summed E-state index contributed by atoms with van der Waals surface area (Å²) in [5.74, 6) is 0. The summed E-state index contributed by atoms with van der Waals surface area (Å²) in [7, 11) is -1.95. The summed E-state index contributed by atoms with van der Waals surface area (Å²) in [6.45, 7) is 5.22. The van der Waals surface area contributed by atoms with Crippen LogP contribution in [0.5, 0.6) is 0 Å². The van der Waals surface area contributed by atoms with Gasteiger partial charge in [-0.05, 0) is 23.5 Å². The molecule has 6 heteroatoms. The third-order valence-electron chi connectivity index (χ3n) is 4.17. The molecule has 0 amide bonds. The first-order valence-corrected chi connectivity index (χ1v) is 8.55. The highest BCUT2D eigenvalue weighted by atomic mass is 32.2. The van der Waals surface area contributed by atoms with Gasteiger partial charge in [0.2, 0.25) is 10.0 Å². The van der Waals surface area contributed by atoms with Gasteiger partial charge >= 0.3 is 0 Å². The van der Waals surface area contributed by atoms with Gasteiger partial charge in [-0.3, -0.25) is 0 Å². The molecule has 0 aliphatic carbocycles.